The number of hydrogen-bond donors (Lipinski definition) is 0. The summed E-state index contributed by atoms with van der Waals surface area (Å²) < 4.78 is 11.0. The zero-order valence-electron chi connectivity index (χ0n) is 16.3. The van der Waals surface area contributed by atoms with E-state index in [1.54, 1.807) is 32.2 Å². The molecule has 0 saturated carbocycles. The molecule has 2 aromatic carbocycles. The molecule has 0 aliphatic heterocycles. The minimum atomic E-state index is -0.662. The highest BCUT2D eigenvalue weighted by Gasteiger charge is 2.21. The number of carbonyl (C=O) groups excluding carboxylic acids is 1. The van der Waals surface area contributed by atoms with Gasteiger partial charge in [-0.3, -0.25) is 4.79 Å². The Morgan fingerprint density at radius 1 is 1.21 bits per heavy atom. The summed E-state index contributed by atoms with van der Waals surface area (Å²) in [5.41, 5.74) is 2.91. The van der Waals surface area contributed by atoms with Crippen LogP contribution in [0.4, 0.5) is 0 Å². The maximum atomic E-state index is 12.6. The summed E-state index contributed by atoms with van der Waals surface area (Å²) in [5, 5.41) is 4.65. The molecular formula is C21H22ClN3O3. The van der Waals surface area contributed by atoms with Gasteiger partial charge in [0.2, 0.25) is 11.7 Å². The fraction of sp³-hybridized carbons (Fsp3) is 0.286. The van der Waals surface area contributed by atoms with Crippen LogP contribution in [0.2, 0.25) is 5.02 Å². The van der Waals surface area contributed by atoms with Gasteiger partial charge in [0.1, 0.15) is 5.75 Å². The van der Waals surface area contributed by atoms with Crippen molar-refractivity contribution < 1.29 is 14.1 Å². The van der Waals surface area contributed by atoms with E-state index in [9.17, 15) is 4.79 Å². The molecule has 7 heteroatoms. The quantitative estimate of drug-likeness (QED) is 0.613. The second kappa shape index (κ2) is 8.44. The summed E-state index contributed by atoms with van der Waals surface area (Å²) in [6, 6.07) is 13.1. The molecule has 0 N–H and O–H groups in total. The average molecular weight is 400 g/mol. The Hall–Kier alpha value is -2.86. The third-order valence-corrected chi connectivity index (χ3v) is 4.74. The minimum Gasteiger partial charge on any atom is -0.481 e. The smallest absolute Gasteiger partial charge is 0.263 e. The zero-order chi connectivity index (χ0) is 20.3. The van der Waals surface area contributed by atoms with Gasteiger partial charge in [0.25, 0.3) is 5.91 Å². The van der Waals surface area contributed by atoms with E-state index in [-0.39, 0.29) is 12.5 Å². The molecule has 0 saturated heterocycles. The Bertz CT molecular complexity index is 969. The normalized spacial score (nSPS) is 11.9. The van der Waals surface area contributed by atoms with E-state index >= 15 is 0 Å². The predicted molar refractivity (Wildman–Crippen MR) is 107 cm³/mol. The molecule has 1 aromatic heterocycles. The van der Waals surface area contributed by atoms with Crippen LogP contribution in [0, 0.1) is 13.8 Å². The second-order valence-corrected chi connectivity index (χ2v) is 7.15. The topological polar surface area (TPSA) is 68.5 Å². The first-order valence-corrected chi connectivity index (χ1v) is 9.28. The summed E-state index contributed by atoms with van der Waals surface area (Å²) >= 11 is 6.02. The molecule has 6 nitrogen and oxygen atoms in total. The largest absolute Gasteiger partial charge is 0.481 e. The summed E-state index contributed by atoms with van der Waals surface area (Å²) in [7, 11) is 1.67. The van der Waals surface area contributed by atoms with Gasteiger partial charge >= 0.3 is 0 Å². The number of aromatic nitrogens is 2. The Morgan fingerprint density at radius 2 is 1.93 bits per heavy atom. The van der Waals surface area contributed by atoms with Crippen molar-refractivity contribution >= 4 is 17.5 Å². The lowest BCUT2D eigenvalue weighted by Crippen LogP contribution is -2.37. The molecule has 146 valence electrons. The lowest BCUT2D eigenvalue weighted by Gasteiger charge is -2.21. The van der Waals surface area contributed by atoms with Crippen molar-refractivity contribution in [3.8, 4) is 17.1 Å². The van der Waals surface area contributed by atoms with Crippen LogP contribution in [0.5, 0.6) is 5.75 Å². The molecule has 1 atom stereocenters. The first-order chi connectivity index (χ1) is 13.3. The number of ether oxygens (including phenoxy) is 1. The van der Waals surface area contributed by atoms with Crippen LogP contribution in [0.25, 0.3) is 11.4 Å². The highest BCUT2D eigenvalue weighted by molar-refractivity contribution is 6.31. The van der Waals surface area contributed by atoms with E-state index in [0.717, 1.165) is 16.7 Å². The van der Waals surface area contributed by atoms with Gasteiger partial charge in [0, 0.05) is 17.6 Å². The SMILES string of the molecule is Cc1ccc(-c2noc(CN(C)C(=O)[C@@H](C)Oc3ccc(Cl)c(C)c3)n2)cc1. The number of halogens is 1. The van der Waals surface area contributed by atoms with Gasteiger partial charge in [-0.1, -0.05) is 46.6 Å². The number of benzene rings is 2. The molecule has 0 bridgehead atoms. The molecule has 28 heavy (non-hydrogen) atoms. The molecule has 0 aliphatic rings. The molecule has 1 amide bonds. The standard InChI is InChI=1S/C21H22ClN3O3/c1-13-5-7-16(8-6-13)20-23-19(28-24-20)12-25(4)21(26)15(3)27-17-9-10-18(22)14(2)11-17/h5-11,15H,12H2,1-4H3/t15-/m1/s1. The predicted octanol–water partition coefficient (Wildman–Crippen LogP) is 4.43. The van der Waals surface area contributed by atoms with Crippen molar-refractivity contribution in [3.05, 3.63) is 64.5 Å². The number of nitrogens with zero attached hydrogens (tertiary/aromatic N) is 3. The van der Waals surface area contributed by atoms with Crippen molar-refractivity contribution in [1.82, 2.24) is 15.0 Å². The highest BCUT2D eigenvalue weighted by atomic mass is 35.5. The first-order valence-electron chi connectivity index (χ1n) is 8.91. The van der Waals surface area contributed by atoms with Gasteiger partial charge < -0.3 is 14.2 Å². The number of hydrogen-bond acceptors (Lipinski definition) is 5. The van der Waals surface area contributed by atoms with Crippen LogP contribution in [0.3, 0.4) is 0 Å². The number of carbonyl (C=O) groups is 1. The average Bonchev–Trinajstić information content (AvgIpc) is 3.13. The van der Waals surface area contributed by atoms with Crippen molar-refractivity contribution in [2.75, 3.05) is 7.05 Å². The van der Waals surface area contributed by atoms with Crippen molar-refractivity contribution in [2.45, 2.75) is 33.4 Å². The van der Waals surface area contributed by atoms with E-state index in [1.165, 1.54) is 4.90 Å². The maximum absolute atomic E-state index is 12.6. The van der Waals surface area contributed by atoms with E-state index in [1.807, 2.05) is 38.1 Å². The lowest BCUT2D eigenvalue weighted by molar-refractivity contribution is -0.137. The molecule has 0 unspecified atom stereocenters. The Kier molecular flexibility index (Phi) is 5.99. The number of likely N-dealkylation sites (N-methyl/N-ethyl adjacent to an activating group) is 1. The van der Waals surface area contributed by atoms with Crippen LogP contribution >= 0.6 is 11.6 Å². The molecule has 3 rings (SSSR count). The minimum absolute atomic E-state index is 0.192. The van der Waals surface area contributed by atoms with E-state index in [0.29, 0.717) is 22.5 Å². The van der Waals surface area contributed by atoms with E-state index in [2.05, 4.69) is 10.1 Å². The first kappa shape index (κ1) is 19.9. The number of amides is 1. The second-order valence-electron chi connectivity index (χ2n) is 6.74. The number of rotatable bonds is 6. The van der Waals surface area contributed by atoms with Crippen LogP contribution in [0.15, 0.2) is 47.0 Å². The zero-order valence-corrected chi connectivity index (χ0v) is 17.0. The summed E-state index contributed by atoms with van der Waals surface area (Å²) in [6.45, 7) is 5.80. The molecule has 0 aliphatic carbocycles. The molecule has 0 radical (unpaired) electrons. The van der Waals surface area contributed by atoms with E-state index in [4.69, 9.17) is 20.9 Å². The monoisotopic (exact) mass is 399 g/mol. The van der Waals surface area contributed by atoms with Gasteiger partial charge in [0.15, 0.2) is 6.10 Å². The van der Waals surface area contributed by atoms with Crippen LogP contribution in [-0.4, -0.2) is 34.1 Å². The fourth-order valence-corrected chi connectivity index (χ4v) is 2.79. The summed E-state index contributed by atoms with van der Waals surface area (Å²) in [6.07, 6.45) is -0.662. The van der Waals surface area contributed by atoms with Crippen molar-refractivity contribution in [1.29, 1.82) is 0 Å². The summed E-state index contributed by atoms with van der Waals surface area (Å²) in [4.78, 5) is 18.5. The van der Waals surface area contributed by atoms with Crippen LogP contribution in [0.1, 0.15) is 23.9 Å². The molecule has 0 fully saturated rings. The highest BCUT2D eigenvalue weighted by Crippen LogP contribution is 2.22. The third kappa shape index (κ3) is 4.70. The van der Waals surface area contributed by atoms with Gasteiger partial charge in [-0.25, -0.2) is 0 Å². The van der Waals surface area contributed by atoms with Crippen molar-refractivity contribution in [3.63, 3.8) is 0 Å². The Morgan fingerprint density at radius 3 is 2.61 bits per heavy atom. The fourth-order valence-electron chi connectivity index (χ4n) is 2.68. The van der Waals surface area contributed by atoms with Gasteiger partial charge in [-0.05, 0) is 44.5 Å². The van der Waals surface area contributed by atoms with E-state index < -0.39 is 6.10 Å². The van der Waals surface area contributed by atoms with Gasteiger partial charge in [-0.15, -0.1) is 0 Å². The summed E-state index contributed by atoms with van der Waals surface area (Å²) in [5.74, 6) is 1.26. The Labute approximate surface area is 169 Å². The van der Waals surface area contributed by atoms with Gasteiger partial charge in [0.05, 0.1) is 6.54 Å². The van der Waals surface area contributed by atoms with Crippen molar-refractivity contribution in [2.24, 2.45) is 0 Å². The molecule has 3 aromatic rings. The maximum Gasteiger partial charge on any atom is 0.263 e. The Balaban J connectivity index is 1.62. The molecular weight excluding hydrogens is 378 g/mol. The number of aryl methyl sites for hydroxylation is 2. The third-order valence-electron chi connectivity index (χ3n) is 4.32. The van der Waals surface area contributed by atoms with Crippen LogP contribution in [-0.2, 0) is 11.3 Å². The molecule has 1 heterocycles. The van der Waals surface area contributed by atoms with Crippen LogP contribution < -0.4 is 4.74 Å². The molecule has 0 spiro atoms. The lowest BCUT2D eigenvalue weighted by atomic mass is 10.1. The van der Waals surface area contributed by atoms with Gasteiger partial charge in [-0.2, -0.15) is 4.98 Å².